The van der Waals surface area contributed by atoms with Crippen molar-refractivity contribution >= 4 is 52.9 Å². The topological polar surface area (TPSA) is 273 Å². The van der Waals surface area contributed by atoms with Gasteiger partial charge >= 0.3 is 18.3 Å². The molecule has 2 aromatic heterocycles. The van der Waals surface area contributed by atoms with Crippen LogP contribution >= 0.6 is 11.6 Å². The molecule has 3 aliphatic rings. The van der Waals surface area contributed by atoms with Crippen molar-refractivity contribution in [2.45, 2.75) is 69.9 Å². The number of methoxy groups -OCH3 is 1. The van der Waals surface area contributed by atoms with Crippen LogP contribution in [0.1, 0.15) is 45.1 Å². The summed E-state index contributed by atoms with van der Waals surface area (Å²) in [7, 11) is 10.9. The number of ether oxygens (including phenoxy) is 1. The fourth-order valence-electron chi connectivity index (χ4n) is 9.00. The highest BCUT2D eigenvalue weighted by molar-refractivity contribution is 6.34. The number of carboxylic acids is 3. The molecule has 21 nitrogen and oxygen atoms in total. The van der Waals surface area contributed by atoms with E-state index in [-0.39, 0.29) is 40.1 Å². The summed E-state index contributed by atoms with van der Waals surface area (Å²) in [5.41, 5.74) is 4.18. The van der Waals surface area contributed by atoms with E-state index in [1.165, 1.54) is 12.3 Å². The SMILES string of the molecule is COCCn1ncc(-c2ccc(-c3cnc(C(=O)Nc4ccc(C(=O)N5CCN(C(=O)[C@@H]6C[C@@H](O)C[N+]6(C)C)CC5)c(Cl)c4)n3C)c(C)c2F)c1C.C[N+]1(C)C[C@H](O)C[C@H]1C(=O)O.O=C([O-])C(F)(F)F.O=C([O-])C(F)(F)F. The molecule has 0 spiro atoms. The number of likely N-dealkylation sites (N-methyl/N-ethyl adjacent to an activating group) is 2. The molecule has 4 N–H and O–H groups in total. The third-order valence-corrected chi connectivity index (χ3v) is 13.5. The third kappa shape index (κ3) is 15.7. The van der Waals surface area contributed by atoms with E-state index in [1.54, 1.807) is 64.5 Å². The minimum Gasteiger partial charge on any atom is -0.542 e. The molecule has 29 heteroatoms. The number of carbonyl (C=O) groups excluding carboxylic acids is 5. The monoisotopic (exact) mass is 1120 g/mol. The molecule has 3 amide bonds. The van der Waals surface area contributed by atoms with E-state index >= 15 is 4.39 Å². The molecule has 4 aromatic rings. The molecule has 7 rings (SSSR count). The van der Waals surface area contributed by atoms with E-state index in [2.05, 4.69) is 15.4 Å². The number of aliphatic hydroxyl groups is 2. The molecular formula is C48H59ClF7N9O12. The Morgan fingerprint density at radius 3 is 1.77 bits per heavy atom. The van der Waals surface area contributed by atoms with E-state index < -0.39 is 54.4 Å². The zero-order valence-electron chi connectivity index (χ0n) is 43.0. The Bertz CT molecular complexity index is 2790. The van der Waals surface area contributed by atoms with Crippen LogP contribution in [0.5, 0.6) is 0 Å². The van der Waals surface area contributed by atoms with Crippen LogP contribution in [0.25, 0.3) is 22.4 Å². The van der Waals surface area contributed by atoms with Gasteiger partial charge in [0.25, 0.3) is 17.7 Å². The summed E-state index contributed by atoms with van der Waals surface area (Å²) >= 11 is 6.57. The highest BCUT2D eigenvalue weighted by Gasteiger charge is 2.47. The summed E-state index contributed by atoms with van der Waals surface area (Å²) in [6.07, 6.45) is -7.35. The number of carboxylic acid groups (broad SMARTS) is 3. The number of aromatic nitrogens is 4. The minimum atomic E-state index is -5.19. The molecule has 4 atom stereocenters. The van der Waals surface area contributed by atoms with Gasteiger partial charge in [0, 0.05) is 81.2 Å². The number of amides is 3. The van der Waals surface area contributed by atoms with Gasteiger partial charge in [0.15, 0.2) is 17.9 Å². The standard InChI is InChI=1S/C37H44ClFN8O5.C7H13NO3.2C2HF3O2/c1-22-26(9-10-27(33(22)39)29-19-41-46(23(29)2)15-16-52-6)31-20-40-34(43(31)3)35(49)42-24-7-8-28(30(38)17-24)36(50)44-11-13-45(14-12-44)37(51)32-18-25(48)21-47(32,4)5;1-8(2)4-5(9)3-6(8)7(10)11;2*3-2(4,5)1(6)7/h7-10,17,19-20,25,32,48H,11-16,18,21H2,1-6H3;5-6,9H,3-4H2,1-2H3;2*(H,6,7)/t25-,32+;5-,6+;;/m11../s1. The van der Waals surface area contributed by atoms with Gasteiger partial charge in [-0.3, -0.25) is 19.1 Å². The lowest BCUT2D eigenvalue weighted by molar-refractivity contribution is -0.895. The number of hydrogen-bond donors (Lipinski definition) is 4. The van der Waals surface area contributed by atoms with Gasteiger partial charge in [0.05, 0.1) is 70.0 Å². The molecular weight excluding hydrogens is 1060 g/mol. The highest BCUT2D eigenvalue weighted by atomic mass is 35.5. The number of quaternary nitrogens is 2. The molecule has 5 heterocycles. The van der Waals surface area contributed by atoms with Gasteiger partial charge < -0.3 is 68.5 Å². The predicted molar refractivity (Wildman–Crippen MR) is 256 cm³/mol. The second kappa shape index (κ2) is 25.2. The predicted octanol–water partition coefficient (Wildman–Crippen LogP) is 1.63. The van der Waals surface area contributed by atoms with Crippen LogP contribution in [0.2, 0.25) is 5.02 Å². The van der Waals surface area contributed by atoms with E-state index in [0.29, 0.717) is 108 Å². The Labute approximate surface area is 441 Å². The number of imidazole rings is 1. The van der Waals surface area contributed by atoms with Crippen LogP contribution in [0.15, 0.2) is 42.7 Å². The van der Waals surface area contributed by atoms with Crippen LogP contribution < -0.4 is 15.5 Å². The lowest BCUT2D eigenvalue weighted by atomic mass is 9.98. The van der Waals surface area contributed by atoms with Crippen molar-refractivity contribution < 1.29 is 98.7 Å². The zero-order valence-corrected chi connectivity index (χ0v) is 43.8. The first kappa shape index (κ1) is 62.8. The summed E-state index contributed by atoms with van der Waals surface area (Å²) in [5.74, 6) is -7.87. The van der Waals surface area contributed by atoms with E-state index in [0.717, 1.165) is 5.69 Å². The normalized spacial score (nSPS) is 19.7. The van der Waals surface area contributed by atoms with Gasteiger partial charge in [-0.05, 0) is 37.6 Å². The second-order valence-electron chi connectivity index (χ2n) is 19.4. The van der Waals surface area contributed by atoms with E-state index in [4.69, 9.17) is 41.2 Å². The number of rotatable bonds is 10. The number of nitrogens with one attached hydrogen (secondary N) is 1. The number of alkyl halides is 6. The van der Waals surface area contributed by atoms with Gasteiger partial charge in [-0.25, -0.2) is 14.2 Å². The van der Waals surface area contributed by atoms with Crippen LogP contribution in [-0.2, 0) is 37.5 Å². The molecule has 0 saturated carbocycles. The van der Waals surface area contributed by atoms with Gasteiger partial charge in [-0.15, -0.1) is 0 Å². The van der Waals surface area contributed by atoms with E-state index in [1.807, 2.05) is 41.2 Å². The average molecular weight is 1120 g/mol. The van der Waals surface area contributed by atoms with Crippen molar-refractivity contribution in [2.75, 3.05) is 86.5 Å². The maximum Gasteiger partial charge on any atom is 0.430 e. The summed E-state index contributed by atoms with van der Waals surface area (Å²) < 4.78 is 88.3. The van der Waals surface area contributed by atoms with Crippen molar-refractivity contribution in [3.05, 3.63) is 76.2 Å². The molecule has 2 aromatic carbocycles. The number of likely N-dealkylation sites (tertiary alicyclic amines) is 2. The molecule has 0 aliphatic carbocycles. The third-order valence-electron chi connectivity index (χ3n) is 13.2. The number of nitrogens with zero attached hydrogens (tertiary/aromatic N) is 8. The maximum absolute atomic E-state index is 15.8. The number of anilines is 1. The molecule has 77 heavy (non-hydrogen) atoms. The lowest BCUT2D eigenvalue weighted by Gasteiger charge is -2.38. The van der Waals surface area contributed by atoms with Crippen LogP contribution in [0, 0.1) is 19.7 Å². The van der Waals surface area contributed by atoms with Crippen molar-refractivity contribution in [1.29, 1.82) is 0 Å². The summed E-state index contributed by atoms with van der Waals surface area (Å²) in [4.78, 5) is 76.0. The van der Waals surface area contributed by atoms with Crippen molar-refractivity contribution in [1.82, 2.24) is 29.1 Å². The minimum absolute atomic E-state index is 0.000320. The van der Waals surface area contributed by atoms with Gasteiger partial charge in [0.1, 0.15) is 43.1 Å². The van der Waals surface area contributed by atoms with Crippen molar-refractivity contribution in [3.63, 3.8) is 0 Å². The molecule has 0 radical (unpaired) electrons. The number of halogens is 8. The number of hydrogen-bond acceptors (Lipinski definition) is 13. The van der Waals surface area contributed by atoms with Gasteiger partial charge in [-0.2, -0.15) is 31.4 Å². The highest BCUT2D eigenvalue weighted by Crippen LogP contribution is 2.34. The summed E-state index contributed by atoms with van der Waals surface area (Å²) in [6, 6.07) is 7.46. The quantitative estimate of drug-likeness (QED) is 0.130. The maximum atomic E-state index is 15.8. The molecule has 0 unspecified atom stereocenters. The van der Waals surface area contributed by atoms with Crippen LogP contribution in [0.3, 0.4) is 0 Å². The molecule has 424 valence electrons. The lowest BCUT2D eigenvalue weighted by Crippen LogP contribution is -2.58. The number of aliphatic carboxylic acids is 3. The second-order valence-corrected chi connectivity index (χ2v) is 19.8. The Kier molecular flexibility index (Phi) is 20.5. The number of aliphatic hydroxyl groups excluding tert-OH is 2. The smallest absolute Gasteiger partial charge is 0.430 e. The van der Waals surface area contributed by atoms with Crippen LogP contribution in [0.4, 0.5) is 36.4 Å². The molecule has 3 saturated heterocycles. The Morgan fingerprint density at radius 1 is 0.805 bits per heavy atom. The first-order valence-electron chi connectivity index (χ1n) is 23.4. The fraction of sp³-hybridized carbons (Fsp3) is 0.500. The summed E-state index contributed by atoms with van der Waals surface area (Å²) in [6.45, 7) is 7.21. The molecule has 3 fully saturated rings. The van der Waals surface area contributed by atoms with Gasteiger partial charge in [0.2, 0.25) is 0 Å². The Balaban J connectivity index is 0.000000419. The van der Waals surface area contributed by atoms with Crippen molar-refractivity contribution in [3.8, 4) is 22.4 Å². The zero-order chi connectivity index (χ0) is 58.3. The first-order valence-corrected chi connectivity index (χ1v) is 23.7. The number of piperazine rings is 1. The molecule has 3 aliphatic heterocycles. The van der Waals surface area contributed by atoms with Gasteiger partial charge in [-0.1, -0.05) is 23.7 Å². The largest absolute Gasteiger partial charge is 0.542 e. The first-order chi connectivity index (χ1) is 35.5. The number of benzene rings is 2. The van der Waals surface area contributed by atoms with Crippen molar-refractivity contribution in [2.24, 2.45) is 7.05 Å². The Morgan fingerprint density at radius 2 is 1.31 bits per heavy atom. The summed E-state index contributed by atoms with van der Waals surface area (Å²) in [5, 5.41) is 53.0. The fourth-order valence-corrected chi connectivity index (χ4v) is 9.26. The number of carbonyl (C=O) groups is 6. The van der Waals surface area contributed by atoms with E-state index in [9.17, 15) is 55.7 Å². The van der Waals surface area contributed by atoms with Crippen LogP contribution in [-0.4, -0.2) is 207 Å². The average Bonchev–Trinajstić information content (AvgIpc) is 4.06. The molecule has 0 bridgehead atoms. The Hall–Kier alpha value is -6.72.